The molecule has 0 spiro atoms. The number of nitrogens with zero attached hydrogens (tertiary/aromatic N) is 2. The molecule has 0 bridgehead atoms. The number of thioether (sulfide) groups is 1. The number of rotatable bonds is 7. The van der Waals surface area contributed by atoms with E-state index in [9.17, 15) is 9.59 Å². The third-order valence-electron chi connectivity index (χ3n) is 4.41. The molecule has 0 aromatic carbocycles. The summed E-state index contributed by atoms with van der Waals surface area (Å²) in [5.74, 6) is 1.02. The number of aromatic nitrogens is 2. The number of nitrogens with one attached hydrogen (secondary N) is 3. The van der Waals surface area contributed by atoms with Crippen LogP contribution < -0.4 is 16.0 Å². The summed E-state index contributed by atoms with van der Waals surface area (Å²) in [6, 6.07) is 3.41. The zero-order valence-electron chi connectivity index (χ0n) is 15.1. The third kappa shape index (κ3) is 6.24. The first-order valence-corrected chi connectivity index (χ1v) is 10.7. The number of urea groups is 1. The Bertz CT molecular complexity index is 750. The molecule has 0 saturated heterocycles. The van der Waals surface area contributed by atoms with Gasteiger partial charge in [-0.05, 0) is 30.9 Å². The predicted octanol–water partition coefficient (Wildman–Crippen LogP) is 3.24. The Morgan fingerprint density at radius 3 is 2.96 bits per heavy atom. The van der Waals surface area contributed by atoms with Crippen LogP contribution in [0.5, 0.6) is 0 Å². The van der Waals surface area contributed by atoms with E-state index < -0.39 is 6.03 Å². The molecule has 2 aromatic rings. The molecule has 0 radical (unpaired) electrons. The molecule has 8 nitrogen and oxygen atoms in total. The normalized spacial score (nSPS) is 19.4. The zero-order valence-corrected chi connectivity index (χ0v) is 16.7. The highest BCUT2D eigenvalue weighted by Gasteiger charge is 2.23. The molecule has 0 unspecified atom stereocenters. The highest BCUT2D eigenvalue weighted by molar-refractivity contribution is 8.01. The Kier molecular flexibility index (Phi) is 7.11. The maximum atomic E-state index is 12.0. The molecule has 1 aliphatic rings. The molecule has 3 N–H and O–H groups in total. The quantitative estimate of drug-likeness (QED) is 0.602. The van der Waals surface area contributed by atoms with Gasteiger partial charge in [0.15, 0.2) is 4.34 Å². The van der Waals surface area contributed by atoms with Crippen molar-refractivity contribution in [2.24, 2.45) is 5.92 Å². The summed E-state index contributed by atoms with van der Waals surface area (Å²) in [5, 5.41) is 17.1. The number of hydrogen-bond donors (Lipinski definition) is 3. The molecular weight excluding hydrogens is 386 g/mol. The standard InChI is InChI=1S/C17H23N5O3S2/c1-11-5-2-3-7-13(11)19-15(24)20-14(23)10-26-17-22-21-16(27-17)18-9-12-6-4-8-25-12/h4,6,8,11,13H,2-3,5,7,9-10H2,1H3,(H,18,21)(H2,19,20,23,24)/t11-,13-/m1/s1. The first-order chi connectivity index (χ1) is 13.1. The van der Waals surface area contributed by atoms with E-state index in [0.29, 0.717) is 21.9 Å². The van der Waals surface area contributed by atoms with Crippen LogP contribution in [0.2, 0.25) is 0 Å². The van der Waals surface area contributed by atoms with E-state index in [4.69, 9.17) is 4.42 Å². The first kappa shape index (κ1) is 19.7. The fourth-order valence-electron chi connectivity index (χ4n) is 2.94. The second kappa shape index (κ2) is 9.75. The maximum Gasteiger partial charge on any atom is 0.321 e. The summed E-state index contributed by atoms with van der Waals surface area (Å²) < 4.78 is 5.90. The molecule has 1 fully saturated rings. The van der Waals surface area contributed by atoms with Crippen LogP contribution in [0.4, 0.5) is 9.93 Å². The SMILES string of the molecule is C[C@@H]1CCCC[C@H]1NC(=O)NC(=O)CSc1nnc(NCc2ccco2)s1. The Labute approximate surface area is 165 Å². The van der Waals surface area contributed by atoms with Crippen molar-refractivity contribution in [1.82, 2.24) is 20.8 Å². The second-order valence-electron chi connectivity index (χ2n) is 6.48. The minimum absolute atomic E-state index is 0.112. The largest absolute Gasteiger partial charge is 0.467 e. The number of amides is 3. The van der Waals surface area contributed by atoms with Crippen molar-refractivity contribution >= 4 is 40.2 Å². The van der Waals surface area contributed by atoms with E-state index in [2.05, 4.69) is 33.1 Å². The molecule has 2 heterocycles. The van der Waals surface area contributed by atoms with E-state index in [-0.39, 0.29) is 17.7 Å². The lowest BCUT2D eigenvalue weighted by molar-refractivity contribution is -0.117. The molecule has 2 atom stereocenters. The molecule has 3 rings (SSSR count). The molecule has 27 heavy (non-hydrogen) atoms. The molecule has 146 valence electrons. The van der Waals surface area contributed by atoms with Gasteiger partial charge in [-0.1, -0.05) is 42.9 Å². The van der Waals surface area contributed by atoms with Gasteiger partial charge in [-0.3, -0.25) is 10.1 Å². The lowest BCUT2D eigenvalue weighted by Crippen LogP contribution is -2.48. The molecular formula is C17H23N5O3S2. The monoisotopic (exact) mass is 409 g/mol. The third-order valence-corrected chi connectivity index (χ3v) is 6.42. The topological polar surface area (TPSA) is 109 Å². The van der Waals surface area contributed by atoms with Crippen LogP contribution in [0.15, 0.2) is 27.2 Å². The minimum Gasteiger partial charge on any atom is -0.467 e. The summed E-state index contributed by atoms with van der Waals surface area (Å²) in [6.07, 6.45) is 6.02. The number of carbonyl (C=O) groups is 2. The Morgan fingerprint density at radius 2 is 2.19 bits per heavy atom. The molecule has 1 aliphatic carbocycles. The number of imide groups is 1. The van der Waals surface area contributed by atoms with E-state index >= 15 is 0 Å². The van der Waals surface area contributed by atoms with Crippen LogP contribution in [0.1, 0.15) is 38.4 Å². The number of anilines is 1. The Morgan fingerprint density at radius 1 is 1.33 bits per heavy atom. The van der Waals surface area contributed by atoms with E-state index in [1.54, 1.807) is 6.26 Å². The van der Waals surface area contributed by atoms with Crippen molar-refractivity contribution in [2.45, 2.75) is 49.5 Å². The van der Waals surface area contributed by atoms with Gasteiger partial charge in [0.1, 0.15) is 5.76 Å². The highest BCUT2D eigenvalue weighted by Crippen LogP contribution is 2.26. The van der Waals surface area contributed by atoms with Crippen molar-refractivity contribution < 1.29 is 14.0 Å². The van der Waals surface area contributed by atoms with Gasteiger partial charge in [0.05, 0.1) is 18.6 Å². The van der Waals surface area contributed by atoms with Gasteiger partial charge in [-0.15, -0.1) is 10.2 Å². The van der Waals surface area contributed by atoms with Gasteiger partial charge in [-0.25, -0.2) is 4.79 Å². The summed E-state index contributed by atoms with van der Waals surface area (Å²) >= 11 is 2.60. The number of furan rings is 1. The Hall–Kier alpha value is -2.07. The van der Waals surface area contributed by atoms with Crippen LogP contribution in [-0.2, 0) is 11.3 Å². The maximum absolute atomic E-state index is 12.0. The van der Waals surface area contributed by atoms with Crippen molar-refractivity contribution in [3.8, 4) is 0 Å². The van der Waals surface area contributed by atoms with E-state index in [1.807, 2.05) is 12.1 Å². The van der Waals surface area contributed by atoms with Gasteiger partial charge < -0.3 is 15.1 Å². The zero-order chi connectivity index (χ0) is 19.1. The number of hydrogen-bond acceptors (Lipinski definition) is 8. The molecule has 3 amide bonds. The molecule has 10 heteroatoms. The summed E-state index contributed by atoms with van der Waals surface area (Å²) in [6.45, 7) is 2.65. The van der Waals surface area contributed by atoms with Gasteiger partial charge in [0.25, 0.3) is 0 Å². The lowest BCUT2D eigenvalue weighted by atomic mass is 9.86. The van der Waals surface area contributed by atoms with Crippen molar-refractivity contribution in [3.63, 3.8) is 0 Å². The smallest absolute Gasteiger partial charge is 0.321 e. The van der Waals surface area contributed by atoms with Gasteiger partial charge in [-0.2, -0.15) is 0 Å². The summed E-state index contributed by atoms with van der Waals surface area (Å²) in [7, 11) is 0. The van der Waals surface area contributed by atoms with E-state index in [0.717, 1.165) is 25.0 Å². The predicted molar refractivity (Wildman–Crippen MR) is 105 cm³/mol. The fourth-order valence-corrected chi connectivity index (χ4v) is 4.49. The highest BCUT2D eigenvalue weighted by atomic mass is 32.2. The van der Waals surface area contributed by atoms with Crippen LogP contribution in [-0.4, -0.2) is 33.9 Å². The summed E-state index contributed by atoms with van der Waals surface area (Å²) in [5.41, 5.74) is 0. The Balaban J connectivity index is 1.36. The van der Waals surface area contributed by atoms with Crippen molar-refractivity contribution in [2.75, 3.05) is 11.1 Å². The van der Waals surface area contributed by atoms with Gasteiger partial charge >= 0.3 is 6.03 Å². The van der Waals surface area contributed by atoms with Crippen molar-refractivity contribution in [3.05, 3.63) is 24.2 Å². The van der Waals surface area contributed by atoms with Crippen LogP contribution in [0, 0.1) is 5.92 Å². The van der Waals surface area contributed by atoms with E-state index in [1.165, 1.54) is 29.5 Å². The van der Waals surface area contributed by atoms with Gasteiger partial charge in [0, 0.05) is 6.04 Å². The molecule has 2 aromatic heterocycles. The minimum atomic E-state index is -0.419. The lowest BCUT2D eigenvalue weighted by Gasteiger charge is -2.29. The van der Waals surface area contributed by atoms with Crippen LogP contribution in [0.25, 0.3) is 0 Å². The van der Waals surface area contributed by atoms with Crippen LogP contribution >= 0.6 is 23.1 Å². The number of carbonyl (C=O) groups excluding carboxylic acids is 2. The fraction of sp³-hybridized carbons (Fsp3) is 0.529. The molecule has 1 saturated carbocycles. The van der Waals surface area contributed by atoms with Gasteiger partial charge in [0.2, 0.25) is 11.0 Å². The summed E-state index contributed by atoms with van der Waals surface area (Å²) in [4.78, 5) is 24.0. The second-order valence-corrected chi connectivity index (χ2v) is 8.68. The van der Waals surface area contributed by atoms with Crippen molar-refractivity contribution in [1.29, 1.82) is 0 Å². The molecule has 0 aliphatic heterocycles. The average Bonchev–Trinajstić information content (AvgIpc) is 3.32. The first-order valence-electron chi connectivity index (χ1n) is 8.93. The van der Waals surface area contributed by atoms with Crippen LogP contribution in [0.3, 0.4) is 0 Å². The average molecular weight is 410 g/mol.